The van der Waals surface area contributed by atoms with Crippen LogP contribution >= 0.6 is 27.5 Å². The van der Waals surface area contributed by atoms with Crippen LogP contribution in [0.3, 0.4) is 0 Å². The summed E-state index contributed by atoms with van der Waals surface area (Å²) in [6.45, 7) is 0.356. The Labute approximate surface area is 166 Å². The molecule has 4 nitrogen and oxygen atoms in total. The van der Waals surface area contributed by atoms with E-state index in [1.807, 2.05) is 24.3 Å². The van der Waals surface area contributed by atoms with Gasteiger partial charge in [-0.25, -0.2) is 0 Å². The van der Waals surface area contributed by atoms with Gasteiger partial charge in [-0.05, 0) is 48.7 Å². The average Bonchev–Trinajstić information content (AvgIpc) is 3.17. The zero-order chi connectivity index (χ0) is 18.5. The Morgan fingerprint density at radius 3 is 2.65 bits per heavy atom. The van der Waals surface area contributed by atoms with Crippen LogP contribution in [0.1, 0.15) is 41.6 Å². The quantitative estimate of drug-likeness (QED) is 0.681. The number of carbonyl (C=O) groups excluding carboxylic acids is 2. The predicted octanol–water partition coefficient (Wildman–Crippen LogP) is 5.16. The van der Waals surface area contributed by atoms with Crippen molar-refractivity contribution in [3.05, 3.63) is 63.1 Å². The number of nitrogens with one attached hydrogen (secondary N) is 2. The molecule has 0 radical (unpaired) electrons. The SMILES string of the molecule is O=C(NCc1cccc(NC(=O)C2CCCC2)c1)c1cc(Br)ccc1Cl. The molecule has 3 rings (SSSR count). The van der Waals surface area contributed by atoms with Gasteiger partial charge in [0.2, 0.25) is 5.91 Å². The van der Waals surface area contributed by atoms with Gasteiger partial charge in [0.1, 0.15) is 0 Å². The Kier molecular flexibility index (Phi) is 6.33. The van der Waals surface area contributed by atoms with Gasteiger partial charge >= 0.3 is 0 Å². The molecule has 26 heavy (non-hydrogen) atoms. The van der Waals surface area contributed by atoms with E-state index in [9.17, 15) is 9.59 Å². The van der Waals surface area contributed by atoms with Crippen molar-refractivity contribution in [3.8, 4) is 0 Å². The zero-order valence-electron chi connectivity index (χ0n) is 14.2. The predicted molar refractivity (Wildman–Crippen MR) is 107 cm³/mol. The molecule has 0 aromatic heterocycles. The summed E-state index contributed by atoms with van der Waals surface area (Å²) in [6, 6.07) is 12.7. The molecule has 2 N–H and O–H groups in total. The van der Waals surface area contributed by atoms with Crippen molar-refractivity contribution in [2.75, 3.05) is 5.32 Å². The van der Waals surface area contributed by atoms with Crippen LogP contribution in [0, 0.1) is 5.92 Å². The van der Waals surface area contributed by atoms with Crippen molar-refractivity contribution >= 4 is 45.0 Å². The van der Waals surface area contributed by atoms with Crippen LogP contribution in [-0.4, -0.2) is 11.8 Å². The molecule has 2 aromatic rings. The van der Waals surface area contributed by atoms with Gasteiger partial charge in [0.15, 0.2) is 0 Å². The largest absolute Gasteiger partial charge is 0.348 e. The van der Waals surface area contributed by atoms with Gasteiger partial charge in [0, 0.05) is 22.6 Å². The highest BCUT2D eigenvalue weighted by atomic mass is 79.9. The summed E-state index contributed by atoms with van der Waals surface area (Å²) < 4.78 is 0.795. The first-order chi connectivity index (χ1) is 12.5. The Morgan fingerprint density at radius 2 is 1.88 bits per heavy atom. The van der Waals surface area contributed by atoms with E-state index in [1.165, 1.54) is 0 Å². The second kappa shape index (κ2) is 8.69. The monoisotopic (exact) mass is 434 g/mol. The average molecular weight is 436 g/mol. The first kappa shape index (κ1) is 18.9. The number of anilines is 1. The van der Waals surface area contributed by atoms with Crippen LogP contribution in [0.15, 0.2) is 46.9 Å². The van der Waals surface area contributed by atoms with Gasteiger partial charge in [0.05, 0.1) is 10.6 Å². The Bertz CT molecular complexity index is 819. The first-order valence-electron chi connectivity index (χ1n) is 8.66. The maximum atomic E-state index is 12.3. The van der Waals surface area contributed by atoms with E-state index >= 15 is 0 Å². The van der Waals surface area contributed by atoms with Gasteiger partial charge < -0.3 is 10.6 Å². The molecule has 1 aliphatic carbocycles. The Morgan fingerprint density at radius 1 is 1.12 bits per heavy atom. The summed E-state index contributed by atoms with van der Waals surface area (Å²) in [5, 5.41) is 6.25. The fourth-order valence-electron chi connectivity index (χ4n) is 3.14. The highest BCUT2D eigenvalue weighted by Crippen LogP contribution is 2.26. The normalized spacial score (nSPS) is 14.2. The molecule has 6 heteroatoms. The van der Waals surface area contributed by atoms with Crippen LogP contribution in [-0.2, 0) is 11.3 Å². The van der Waals surface area contributed by atoms with E-state index in [-0.39, 0.29) is 17.7 Å². The van der Waals surface area contributed by atoms with Gasteiger partial charge in [-0.3, -0.25) is 9.59 Å². The van der Waals surface area contributed by atoms with E-state index in [1.54, 1.807) is 18.2 Å². The molecule has 0 spiro atoms. The van der Waals surface area contributed by atoms with Crippen LogP contribution in [0.5, 0.6) is 0 Å². The second-order valence-corrected chi connectivity index (χ2v) is 7.80. The molecule has 0 aliphatic heterocycles. The van der Waals surface area contributed by atoms with E-state index in [0.717, 1.165) is 41.4 Å². The molecule has 2 aromatic carbocycles. The zero-order valence-corrected chi connectivity index (χ0v) is 16.6. The third kappa shape index (κ3) is 4.86. The van der Waals surface area contributed by atoms with Gasteiger partial charge in [-0.1, -0.05) is 52.5 Å². The minimum atomic E-state index is -0.239. The molecule has 0 atom stereocenters. The minimum Gasteiger partial charge on any atom is -0.348 e. The highest BCUT2D eigenvalue weighted by Gasteiger charge is 2.22. The fourth-order valence-corrected chi connectivity index (χ4v) is 3.70. The van der Waals surface area contributed by atoms with Gasteiger partial charge in [0.25, 0.3) is 5.91 Å². The maximum absolute atomic E-state index is 12.3. The smallest absolute Gasteiger partial charge is 0.253 e. The molecular formula is C20H20BrClN2O2. The molecule has 0 saturated heterocycles. The molecule has 0 unspecified atom stereocenters. The summed E-state index contributed by atoms with van der Waals surface area (Å²) in [5.41, 5.74) is 2.09. The van der Waals surface area contributed by atoms with Crippen molar-refractivity contribution in [2.45, 2.75) is 32.2 Å². The van der Waals surface area contributed by atoms with E-state index in [0.29, 0.717) is 17.1 Å². The Balaban J connectivity index is 1.60. The molecule has 2 amide bonds. The lowest BCUT2D eigenvalue weighted by Crippen LogP contribution is -2.23. The van der Waals surface area contributed by atoms with Gasteiger partial charge in [-0.15, -0.1) is 0 Å². The molecule has 0 bridgehead atoms. The second-order valence-electron chi connectivity index (χ2n) is 6.48. The fraction of sp³-hybridized carbons (Fsp3) is 0.300. The molecular weight excluding hydrogens is 416 g/mol. The molecule has 1 fully saturated rings. The van der Waals surface area contributed by atoms with Crippen LogP contribution in [0.4, 0.5) is 5.69 Å². The summed E-state index contributed by atoms with van der Waals surface area (Å²) in [6.07, 6.45) is 4.19. The number of amides is 2. The lowest BCUT2D eigenvalue weighted by molar-refractivity contribution is -0.119. The number of carbonyl (C=O) groups is 2. The maximum Gasteiger partial charge on any atom is 0.253 e. The number of rotatable bonds is 5. The number of hydrogen-bond donors (Lipinski definition) is 2. The van der Waals surface area contributed by atoms with Crippen molar-refractivity contribution in [2.24, 2.45) is 5.92 Å². The number of benzene rings is 2. The van der Waals surface area contributed by atoms with Crippen LogP contribution in [0.2, 0.25) is 5.02 Å². The van der Waals surface area contributed by atoms with Crippen LogP contribution < -0.4 is 10.6 Å². The third-order valence-corrected chi connectivity index (χ3v) is 5.37. The van der Waals surface area contributed by atoms with E-state index in [2.05, 4.69) is 26.6 Å². The summed E-state index contributed by atoms with van der Waals surface area (Å²) in [4.78, 5) is 24.6. The topological polar surface area (TPSA) is 58.2 Å². The van der Waals surface area contributed by atoms with Crippen LogP contribution in [0.25, 0.3) is 0 Å². The first-order valence-corrected chi connectivity index (χ1v) is 9.83. The number of hydrogen-bond acceptors (Lipinski definition) is 2. The third-order valence-electron chi connectivity index (χ3n) is 4.55. The summed E-state index contributed by atoms with van der Waals surface area (Å²) in [7, 11) is 0. The standard InChI is InChI=1S/C20H20BrClN2O2/c21-15-8-9-18(22)17(11-15)20(26)23-12-13-4-3-7-16(10-13)24-19(25)14-5-1-2-6-14/h3-4,7-11,14H,1-2,5-6,12H2,(H,23,26)(H,24,25). The summed E-state index contributed by atoms with van der Waals surface area (Å²) >= 11 is 9.43. The van der Waals surface area contributed by atoms with Gasteiger partial charge in [-0.2, -0.15) is 0 Å². The molecule has 0 heterocycles. The molecule has 1 aliphatic rings. The van der Waals surface area contributed by atoms with E-state index < -0.39 is 0 Å². The van der Waals surface area contributed by atoms with Crippen molar-refractivity contribution < 1.29 is 9.59 Å². The molecule has 1 saturated carbocycles. The Hall–Kier alpha value is -1.85. The summed E-state index contributed by atoms with van der Waals surface area (Å²) in [5.74, 6) is -0.0293. The van der Waals surface area contributed by atoms with Crippen molar-refractivity contribution in [1.29, 1.82) is 0 Å². The lowest BCUT2D eigenvalue weighted by atomic mass is 10.1. The highest BCUT2D eigenvalue weighted by molar-refractivity contribution is 9.10. The molecule has 136 valence electrons. The van der Waals surface area contributed by atoms with E-state index in [4.69, 9.17) is 11.6 Å². The van der Waals surface area contributed by atoms with Crippen molar-refractivity contribution in [3.63, 3.8) is 0 Å². The number of halogens is 2. The van der Waals surface area contributed by atoms with Crippen molar-refractivity contribution in [1.82, 2.24) is 5.32 Å². The lowest BCUT2D eigenvalue weighted by Gasteiger charge is -2.12. The minimum absolute atomic E-state index is 0.0876.